The van der Waals surface area contributed by atoms with Gasteiger partial charge in [-0.2, -0.15) is 0 Å². The van der Waals surface area contributed by atoms with Gasteiger partial charge in [0.25, 0.3) is 0 Å². The highest BCUT2D eigenvalue weighted by molar-refractivity contribution is 5.40. The molecule has 0 spiro atoms. The van der Waals surface area contributed by atoms with Gasteiger partial charge in [-0.05, 0) is 24.1 Å². The van der Waals surface area contributed by atoms with Gasteiger partial charge >= 0.3 is 0 Å². The van der Waals surface area contributed by atoms with E-state index in [1.165, 1.54) is 0 Å². The summed E-state index contributed by atoms with van der Waals surface area (Å²) in [5, 5.41) is 8.71. The molecule has 0 radical (unpaired) electrons. The van der Waals surface area contributed by atoms with Gasteiger partial charge in [-0.1, -0.05) is 12.1 Å². The van der Waals surface area contributed by atoms with Crippen molar-refractivity contribution in [2.45, 2.75) is 12.5 Å². The average Bonchev–Trinajstić information content (AvgIpc) is 2.04. The van der Waals surface area contributed by atoms with Crippen LogP contribution < -0.4 is 11.5 Å². The van der Waals surface area contributed by atoms with E-state index in [1.54, 1.807) is 0 Å². The molecule has 1 rings (SSSR count). The maximum Gasteiger partial charge on any atom is 0.0585 e. The van der Waals surface area contributed by atoms with Gasteiger partial charge < -0.3 is 16.6 Å². The summed E-state index contributed by atoms with van der Waals surface area (Å²) in [5.41, 5.74) is 12.9. The molecule has 0 aliphatic carbocycles. The number of anilines is 1. The lowest BCUT2D eigenvalue weighted by molar-refractivity contribution is 0.265. The molecule has 1 aromatic rings. The molecule has 5 N–H and O–H groups in total. The second-order valence-corrected chi connectivity index (χ2v) is 2.89. The Labute approximate surface area is 72.0 Å². The van der Waals surface area contributed by atoms with Crippen molar-refractivity contribution in [3.63, 3.8) is 0 Å². The number of nitrogens with two attached hydrogens (primary N) is 2. The maximum atomic E-state index is 8.71. The van der Waals surface area contributed by atoms with Crippen LogP contribution in [0.15, 0.2) is 24.3 Å². The van der Waals surface area contributed by atoms with Gasteiger partial charge in [-0.25, -0.2) is 0 Å². The lowest BCUT2D eigenvalue weighted by Gasteiger charge is -2.07. The monoisotopic (exact) mass is 166 g/mol. The predicted molar refractivity (Wildman–Crippen MR) is 49.6 cm³/mol. The van der Waals surface area contributed by atoms with Gasteiger partial charge in [0.2, 0.25) is 0 Å². The minimum atomic E-state index is -0.188. The van der Waals surface area contributed by atoms with Crippen LogP contribution in [0.1, 0.15) is 5.56 Å². The third-order valence-corrected chi connectivity index (χ3v) is 1.68. The minimum Gasteiger partial charge on any atom is -0.399 e. The molecule has 0 aromatic heterocycles. The number of benzene rings is 1. The third kappa shape index (κ3) is 2.53. The van der Waals surface area contributed by atoms with E-state index >= 15 is 0 Å². The molecular weight excluding hydrogens is 152 g/mol. The van der Waals surface area contributed by atoms with E-state index in [-0.39, 0.29) is 12.6 Å². The molecule has 0 unspecified atom stereocenters. The molecule has 3 nitrogen and oxygen atoms in total. The highest BCUT2D eigenvalue weighted by Gasteiger charge is 2.01. The Hall–Kier alpha value is -1.06. The number of nitrogen functional groups attached to an aromatic ring is 1. The fourth-order valence-electron chi connectivity index (χ4n) is 1.09. The quantitative estimate of drug-likeness (QED) is 0.559. The fourth-order valence-corrected chi connectivity index (χ4v) is 1.09. The average molecular weight is 166 g/mol. The largest absolute Gasteiger partial charge is 0.399 e. The lowest BCUT2D eigenvalue weighted by atomic mass is 10.1. The van der Waals surface area contributed by atoms with Gasteiger partial charge in [0.1, 0.15) is 0 Å². The van der Waals surface area contributed by atoms with E-state index in [2.05, 4.69) is 0 Å². The van der Waals surface area contributed by atoms with Crippen LogP contribution in [-0.4, -0.2) is 17.8 Å². The van der Waals surface area contributed by atoms with Crippen molar-refractivity contribution >= 4 is 5.69 Å². The van der Waals surface area contributed by atoms with Crippen LogP contribution in [0.3, 0.4) is 0 Å². The summed E-state index contributed by atoms with van der Waals surface area (Å²) in [5.74, 6) is 0. The highest BCUT2D eigenvalue weighted by atomic mass is 16.3. The molecule has 0 heterocycles. The Morgan fingerprint density at radius 1 is 1.42 bits per heavy atom. The Morgan fingerprint density at radius 2 is 2.17 bits per heavy atom. The number of aliphatic hydroxyl groups excluding tert-OH is 1. The van der Waals surface area contributed by atoms with Crippen LogP contribution in [0, 0.1) is 0 Å². The number of rotatable bonds is 3. The number of aliphatic hydroxyl groups is 1. The second-order valence-electron chi connectivity index (χ2n) is 2.89. The minimum absolute atomic E-state index is 0.00873. The molecule has 1 aromatic carbocycles. The molecule has 0 saturated carbocycles. The van der Waals surface area contributed by atoms with Gasteiger partial charge in [0.15, 0.2) is 0 Å². The predicted octanol–water partition coefficient (Wildman–Crippen LogP) is 0.131. The smallest absolute Gasteiger partial charge is 0.0585 e. The van der Waals surface area contributed by atoms with E-state index in [0.29, 0.717) is 6.42 Å². The van der Waals surface area contributed by atoms with Gasteiger partial charge in [-0.3, -0.25) is 0 Å². The normalized spacial score (nSPS) is 12.8. The zero-order valence-electron chi connectivity index (χ0n) is 6.90. The Bertz CT molecular complexity index is 250. The molecule has 0 saturated heterocycles. The van der Waals surface area contributed by atoms with Crippen molar-refractivity contribution in [3.8, 4) is 0 Å². The summed E-state index contributed by atoms with van der Waals surface area (Å²) in [6, 6.07) is 7.34. The van der Waals surface area contributed by atoms with Crippen LogP contribution in [-0.2, 0) is 6.42 Å². The van der Waals surface area contributed by atoms with Crippen molar-refractivity contribution in [2.24, 2.45) is 5.73 Å². The van der Waals surface area contributed by atoms with E-state index < -0.39 is 0 Å². The van der Waals surface area contributed by atoms with Crippen LogP contribution in [0.4, 0.5) is 5.69 Å². The summed E-state index contributed by atoms with van der Waals surface area (Å²) < 4.78 is 0. The maximum absolute atomic E-state index is 8.71. The third-order valence-electron chi connectivity index (χ3n) is 1.68. The van der Waals surface area contributed by atoms with Crippen molar-refractivity contribution in [2.75, 3.05) is 12.3 Å². The van der Waals surface area contributed by atoms with Crippen LogP contribution in [0.25, 0.3) is 0 Å². The van der Waals surface area contributed by atoms with Crippen LogP contribution in [0.2, 0.25) is 0 Å². The summed E-state index contributed by atoms with van der Waals surface area (Å²) in [6.07, 6.45) is 0.668. The first-order valence-corrected chi connectivity index (χ1v) is 3.93. The molecule has 3 heteroatoms. The standard InChI is InChI=1S/C9H14N2O/c10-8-3-1-2-7(4-8)5-9(11)6-12/h1-4,9,12H,5-6,10-11H2/t9-/m1/s1. The molecular formula is C9H14N2O. The van der Waals surface area contributed by atoms with Gasteiger partial charge in [0.05, 0.1) is 6.61 Å². The summed E-state index contributed by atoms with van der Waals surface area (Å²) in [7, 11) is 0. The molecule has 0 aliphatic heterocycles. The summed E-state index contributed by atoms with van der Waals surface area (Å²) >= 11 is 0. The van der Waals surface area contributed by atoms with E-state index in [1.807, 2.05) is 24.3 Å². The van der Waals surface area contributed by atoms with Crippen molar-refractivity contribution in [3.05, 3.63) is 29.8 Å². The summed E-state index contributed by atoms with van der Waals surface area (Å²) in [6.45, 7) is 0.00873. The van der Waals surface area contributed by atoms with E-state index in [0.717, 1.165) is 11.3 Å². The second kappa shape index (κ2) is 4.09. The molecule has 12 heavy (non-hydrogen) atoms. The number of hydrogen-bond acceptors (Lipinski definition) is 3. The first-order valence-electron chi connectivity index (χ1n) is 3.93. The molecule has 0 aliphatic rings. The van der Waals surface area contributed by atoms with Crippen molar-refractivity contribution in [1.82, 2.24) is 0 Å². The van der Waals surface area contributed by atoms with Gasteiger partial charge in [0, 0.05) is 11.7 Å². The van der Waals surface area contributed by atoms with Crippen molar-refractivity contribution in [1.29, 1.82) is 0 Å². The molecule has 0 bridgehead atoms. The SMILES string of the molecule is Nc1cccc(C[C@@H](N)CO)c1. The first-order chi connectivity index (χ1) is 5.72. The highest BCUT2D eigenvalue weighted by Crippen LogP contribution is 2.07. The number of hydrogen-bond donors (Lipinski definition) is 3. The van der Waals surface area contributed by atoms with Crippen LogP contribution >= 0.6 is 0 Å². The molecule has 0 fully saturated rings. The Morgan fingerprint density at radius 3 is 2.75 bits per heavy atom. The molecule has 66 valence electrons. The zero-order chi connectivity index (χ0) is 8.97. The van der Waals surface area contributed by atoms with Gasteiger partial charge in [-0.15, -0.1) is 0 Å². The van der Waals surface area contributed by atoms with Crippen molar-refractivity contribution < 1.29 is 5.11 Å². The Kier molecular flexibility index (Phi) is 3.08. The zero-order valence-corrected chi connectivity index (χ0v) is 6.90. The van der Waals surface area contributed by atoms with E-state index in [9.17, 15) is 0 Å². The fraction of sp³-hybridized carbons (Fsp3) is 0.333. The van der Waals surface area contributed by atoms with E-state index in [4.69, 9.17) is 16.6 Å². The topological polar surface area (TPSA) is 72.3 Å². The molecule has 0 amide bonds. The van der Waals surface area contributed by atoms with Crippen LogP contribution in [0.5, 0.6) is 0 Å². The molecule has 1 atom stereocenters. The Balaban J connectivity index is 2.63. The first kappa shape index (κ1) is 9.03. The summed E-state index contributed by atoms with van der Waals surface area (Å²) in [4.78, 5) is 0. The lowest BCUT2D eigenvalue weighted by Crippen LogP contribution is -2.26.